The Balaban J connectivity index is 2.19. The zero-order valence-electron chi connectivity index (χ0n) is 12.0. The lowest BCUT2D eigenvalue weighted by Gasteiger charge is -2.10. The van der Waals surface area contributed by atoms with Crippen molar-refractivity contribution in [3.05, 3.63) is 40.5 Å². The number of anilines is 2. The Hall–Kier alpha value is -2.64. The fraction of sp³-hybridized carbons (Fsp3) is 0.385. The van der Waals surface area contributed by atoms with Crippen molar-refractivity contribution < 1.29 is 4.92 Å². The summed E-state index contributed by atoms with van der Waals surface area (Å²) in [6.45, 7) is 3.03. The summed E-state index contributed by atoms with van der Waals surface area (Å²) < 4.78 is 1.59. The number of aryl methyl sites for hydroxylation is 1. The summed E-state index contributed by atoms with van der Waals surface area (Å²) in [6.07, 6.45) is 2.48. The number of benzene rings is 1. The van der Waals surface area contributed by atoms with E-state index < -0.39 is 0 Å². The first-order chi connectivity index (χ1) is 10.1. The number of rotatable bonds is 7. The van der Waals surface area contributed by atoms with Crippen molar-refractivity contribution in [1.29, 1.82) is 0 Å². The van der Waals surface area contributed by atoms with Gasteiger partial charge in [0.2, 0.25) is 0 Å². The molecule has 0 radical (unpaired) electrons. The van der Waals surface area contributed by atoms with E-state index in [4.69, 9.17) is 0 Å². The van der Waals surface area contributed by atoms with Gasteiger partial charge in [-0.1, -0.05) is 13.0 Å². The molecule has 1 aromatic heterocycles. The van der Waals surface area contributed by atoms with Crippen LogP contribution >= 0.6 is 0 Å². The molecule has 0 bridgehead atoms. The Bertz CT molecular complexity index is 625. The summed E-state index contributed by atoms with van der Waals surface area (Å²) in [5, 5.41) is 21.5. The highest BCUT2D eigenvalue weighted by molar-refractivity contribution is 5.76. The van der Waals surface area contributed by atoms with Crippen LogP contribution in [0.4, 0.5) is 17.1 Å². The van der Waals surface area contributed by atoms with E-state index in [-0.39, 0.29) is 10.6 Å². The van der Waals surface area contributed by atoms with Gasteiger partial charge in [-0.3, -0.25) is 14.8 Å². The van der Waals surface area contributed by atoms with Gasteiger partial charge in [-0.15, -0.1) is 0 Å². The topological polar surface area (TPSA) is 97.9 Å². The molecule has 2 N–H and O–H groups in total. The second-order valence-corrected chi connectivity index (χ2v) is 4.57. The maximum absolute atomic E-state index is 11.3. The Labute approximate surface area is 122 Å². The Morgan fingerprint density at radius 1 is 1.33 bits per heavy atom. The van der Waals surface area contributed by atoms with Gasteiger partial charge in [0.15, 0.2) is 5.82 Å². The van der Waals surface area contributed by atoms with Crippen LogP contribution in [0.25, 0.3) is 0 Å². The van der Waals surface area contributed by atoms with Crippen LogP contribution in [0.2, 0.25) is 0 Å². The lowest BCUT2D eigenvalue weighted by atomic mass is 10.2. The minimum absolute atomic E-state index is 0.0434. The molecule has 8 heteroatoms. The third-order valence-electron chi connectivity index (χ3n) is 2.87. The molecule has 0 spiro atoms. The fourth-order valence-electron chi connectivity index (χ4n) is 1.92. The third-order valence-corrected chi connectivity index (χ3v) is 2.87. The van der Waals surface area contributed by atoms with Crippen LogP contribution < -0.4 is 10.6 Å². The summed E-state index contributed by atoms with van der Waals surface area (Å²) in [6, 6.07) is 5.16. The van der Waals surface area contributed by atoms with Gasteiger partial charge in [0, 0.05) is 13.6 Å². The Kier molecular flexibility index (Phi) is 4.70. The van der Waals surface area contributed by atoms with E-state index in [9.17, 15) is 10.1 Å². The lowest BCUT2D eigenvalue weighted by molar-refractivity contribution is -0.383. The van der Waals surface area contributed by atoms with Gasteiger partial charge in [-0.05, 0) is 18.6 Å². The molecule has 112 valence electrons. The molecule has 21 heavy (non-hydrogen) atoms. The van der Waals surface area contributed by atoms with Crippen LogP contribution in [0.1, 0.15) is 19.2 Å². The van der Waals surface area contributed by atoms with Crippen molar-refractivity contribution in [3.8, 4) is 0 Å². The highest BCUT2D eigenvalue weighted by Crippen LogP contribution is 2.32. The number of para-hydroxylation sites is 1. The molecular weight excluding hydrogens is 272 g/mol. The first-order valence-corrected chi connectivity index (χ1v) is 6.71. The second-order valence-electron chi connectivity index (χ2n) is 4.57. The van der Waals surface area contributed by atoms with Crippen LogP contribution in [0.5, 0.6) is 0 Å². The molecule has 0 amide bonds. The molecular formula is C13H18N6O2. The first kappa shape index (κ1) is 14.8. The number of hydrogen-bond acceptors (Lipinski definition) is 6. The summed E-state index contributed by atoms with van der Waals surface area (Å²) in [5.74, 6) is 0.582. The molecule has 0 atom stereocenters. The highest BCUT2D eigenvalue weighted by atomic mass is 16.6. The van der Waals surface area contributed by atoms with Crippen LogP contribution in [-0.4, -0.2) is 26.2 Å². The molecule has 1 aromatic carbocycles. The predicted octanol–water partition coefficient (Wildman–Crippen LogP) is 2.16. The second kappa shape index (κ2) is 6.69. The van der Waals surface area contributed by atoms with E-state index in [1.165, 1.54) is 0 Å². The molecule has 0 saturated carbocycles. The Morgan fingerprint density at radius 3 is 2.62 bits per heavy atom. The van der Waals surface area contributed by atoms with Crippen LogP contribution in [-0.2, 0) is 13.6 Å². The molecule has 2 aromatic rings. The Morgan fingerprint density at radius 2 is 2.05 bits per heavy atom. The number of nitro benzene ring substituents is 1. The van der Waals surface area contributed by atoms with Crippen LogP contribution in [0, 0.1) is 10.1 Å². The number of nitro groups is 1. The summed E-state index contributed by atoms with van der Waals surface area (Å²) in [5.41, 5.74) is 1.01. The van der Waals surface area contributed by atoms with Gasteiger partial charge in [-0.25, -0.2) is 4.98 Å². The average molecular weight is 290 g/mol. The minimum atomic E-state index is -0.383. The van der Waals surface area contributed by atoms with Crippen molar-refractivity contribution in [2.24, 2.45) is 7.05 Å². The van der Waals surface area contributed by atoms with Crippen molar-refractivity contribution >= 4 is 17.1 Å². The molecule has 0 aliphatic carbocycles. The minimum Gasteiger partial charge on any atom is -0.379 e. The smallest absolute Gasteiger partial charge is 0.315 e. The number of nitrogens with one attached hydrogen (secondary N) is 2. The van der Waals surface area contributed by atoms with Gasteiger partial charge >= 0.3 is 5.69 Å². The zero-order chi connectivity index (χ0) is 15.2. The molecule has 1 heterocycles. The SMILES string of the molecule is CCCNc1cccc(NCc2ncn(C)n2)c1[N+](=O)[O-]. The quantitative estimate of drug-likeness (QED) is 0.599. The molecule has 0 aliphatic heterocycles. The summed E-state index contributed by atoms with van der Waals surface area (Å²) in [4.78, 5) is 15.0. The largest absolute Gasteiger partial charge is 0.379 e. The molecule has 0 aliphatic rings. The van der Waals surface area contributed by atoms with Gasteiger partial charge in [0.05, 0.1) is 11.5 Å². The van der Waals surface area contributed by atoms with E-state index in [0.717, 1.165) is 6.42 Å². The fourth-order valence-corrected chi connectivity index (χ4v) is 1.92. The van der Waals surface area contributed by atoms with E-state index in [1.807, 2.05) is 6.92 Å². The predicted molar refractivity (Wildman–Crippen MR) is 80.2 cm³/mol. The average Bonchev–Trinajstić information content (AvgIpc) is 2.88. The molecule has 2 rings (SSSR count). The van der Waals surface area contributed by atoms with Crippen molar-refractivity contribution in [2.45, 2.75) is 19.9 Å². The van der Waals surface area contributed by atoms with Gasteiger partial charge < -0.3 is 10.6 Å². The van der Waals surface area contributed by atoms with Gasteiger partial charge in [-0.2, -0.15) is 5.10 Å². The zero-order valence-corrected chi connectivity index (χ0v) is 12.0. The maximum Gasteiger partial charge on any atom is 0.315 e. The summed E-state index contributed by atoms with van der Waals surface area (Å²) in [7, 11) is 1.77. The number of nitrogens with zero attached hydrogens (tertiary/aromatic N) is 4. The molecule has 0 saturated heterocycles. The highest BCUT2D eigenvalue weighted by Gasteiger charge is 2.19. The van der Waals surface area contributed by atoms with E-state index >= 15 is 0 Å². The van der Waals surface area contributed by atoms with Crippen LogP contribution in [0.3, 0.4) is 0 Å². The lowest BCUT2D eigenvalue weighted by Crippen LogP contribution is -2.08. The van der Waals surface area contributed by atoms with Crippen molar-refractivity contribution in [3.63, 3.8) is 0 Å². The molecule has 8 nitrogen and oxygen atoms in total. The standard InChI is InChI=1S/C13H18N6O2/c1-3-7-14-10-5-4-6-11(13(10)19(20)21)15-8-12-16-9-18(2)17-12/h4-6,9,14-15H,3,7-8H2,1-2H3. The number of aromatic nitrogens is 3. The van der Waals surface area contributed by atoms with E-state index in [0.29, 0.717) is 30.3 Å². The van der Waals surface area contributed by atoms with Crippen LogP contribution in [0.15, 0.2) is 24.5 Å². The normalized spacial score (nSPS) is 10.4. The first-order valence-electron chi connectivity index (χ1n) is 6.71. The van der Waals surface area contributed by atoms with Crippen molar-refractivity contribution in [1.82, 2.24) is 14.8 Å². The molecule has 0 unspecified atom stereocenters. The number of hydrogen-bond donors (Lipinski definition) is 2. The van der Waals surface area contributed by atoms with Crippen molar-refractivity contribution in [2.75, 3.05) is 17.2 Å². The van der Waals surface area contributed by atoms with E-state index in [2.05, 4.69) is 20.7 Å². The monoisotopic (exact) mass is 290 g/mol. The van der Waals surface area contributed by atoms with Gasteiger partial charge in [0.25, 0.3) is 0 Å². The maximum atomic E-state index is 11.3. The summed E-state index contributed by atoms with van der Waals surface area (Å²) >= 11 is 0. The third kappa shape index (κ3) is 3.68. The molecule has 0 fully saturated rings. The van der Waals surface area contributed by atoms with Gasteiger partial charge in [0.1, 0.15) is 17.7 Å². The van der Waals surface area contributed by atoms with E-state index in [1.54, 1.807) is 36.3 Å².